The fourth-order valence-corrected chi connectivity index (χ4v) is 4.42. The molecule has 0 N–H and O–H groups in total. The van der Waals surface area contributed by atoms with Crippen molar-refractivity contribution >= 4 is 23.6 Å². The van der Waals surface area contributed by atoms with Crippen LogP contribution in [0, 0.1) is 13.8 Å². The van der Waals surface area contributed by atoms with Gasteiger partial charge >= 0.3 is 0 Å². The van der Waals surface area contributed by atoms with Gasteiger partial charge in [0, 0.05) is 44.7 Å². The number of aryl methyl sites for hydroxylation is 2. The lowest BCUT2D eigenvalue weighted by Gasteiger charge is -2.23. The molecular weight excluding hydrogens is 418 g/mol. The smallest absolute Gasteiger partial charge is 0.261 e. The Morgan fingerprint density at radius 1 is 0.818 bits per heavy atom. The van der Waals surface area contributed by atoms with E-state index in [1.54, 1.807) is 29.2 Å². The number of hydrogen-bond acceptors (Lipinski definition) is 4. The van der Waals surface area contributed by atoms with E-state index in [-0.39, 0.29) is 36.6 Å². The number of benzene rings is 2. The van der Waals surface area contributed by atoms with E-state index >= 15 is 0 Å². The number of amides is 4. The predicted molar refractivity (Wildman–Crippen MR) is 124 cm³/mol. The van der Waals surface area contributed by atoms with E-state index < -0.39 is 0 Å². The highest BCUT2D eigenvalue weighted by molar-refractivity contribution is 6.21. The maximum Gasteiger partial charge on any atom is 0.261 e. The molecule has 4 rings (SSSR count). The minimum Gasteiger partial charge on any atom is -0.341 e. The van der Waals surface area contributed by atoms with E-state index in [1.165, 1.54) is 4.90 Å². The molecule has 7 heteroatoms. The molecule has 33 heavy (non-hydrogen) atoms. The van der Waals surface area contributed by atoms with Gasteiger partial charge in [-0.3, -0.25) is 24.1 Å². The van der Waals surface area contributed by atoms with Gasteiger partial charge in [0.2, 0.25) is 5.91 Å². The molecular formula is C26H29N3O4. The third-order valence-electron chi connectivity index (χ3n) is 6.54. The Kier molecular flexibility index (Phi) is 6.58. The van der Waals surface area contributed by atoms with Gasteiger partial charge in [0.15, 0.2) is 0 Å². The summed E-state index contributed by atoms with van der Waals surface area (Å²) in [6.07, 6.45) is 1.41. The molecule has 0 bridgehead atoms. The Morgan fingerprint density at radius 3 is 2.12 bits per heavy atom. The normalized spacial score (nSPS) is 16.1. The Balaban J connectivity index is 1.28. The molecule has 0 unspecified atom stereocenters. The minimum absolute atomic E-state index is 0.00183. The van der Waals surface area contributed by atoms with Crippen molar-refractivity contribution < 1.29 is 19.2 Å². The summed E-state index contributed by atoms with van der Waals surface area (Å²) in [5, 5.41) is 0. The molecule has 2 aliphatic rings. The van der Waals surface area contributed by atoms with Gasteiger partial charge in [-0.15, -0.1) is 0 Å². The molecule has 172 valence electrons. The Labute approximate surface area is 194 Å². The van der Waals surface area contributed by atoms with Crippen LogP contribution in [0.2, 0.25) is 0 Å². The van der Waals surface area contributed by atoms with E-state index in [4.69, 9.17) is 0 Å². The first-order chi connectivity index (χ1) is 15.9. The first kappa shape index (κ1) is 22.7. The molecule has 0 aromatic heterocycles. The van der Waals surface area contributed by atoms with E-state index in [0.717, 1.165) is 17.5 Å². The van der Waals surface area contributed by atoms with Gasteiger partial charge in [-0.1, -0.05) is 18.2 Å². The summed E-state index contributed by atoms with van der Waals surface area (Å²) < 4.78 is 0. The van der Waals surface area contributed by atoms with Crippen LogP contribution in [0.4, 0.5) is 0 Å². The molecule has 4 amide bonds. The van der Waals surface area contributed by atoms with Gasteiger partial charge in [-0.05, 0) is 62.1 Å². The number of nitrogens with zero attached hydrogens (tertiary/aromatic N) is 3. The zero-order valence-corrected chi connectivity index (χ0v) is 19.2. The fraction of sp³-hybridized carbons (Fsp3) is 0.385. The number of rotatable bonds is 5. The zero-order valence-electron chi connectivity index (χ0n) is 19.2. The van der Waals surface area contributed by atoms with Crippen molar-refractivity contribution in [2.75, 3.05) is 32.7 Å². The van der Waals surface area contributed by atoms with Crippen LogP contribution in [0.15, 0.2) is 42.5 Å². The Bertz CT molecular complexity index is 1080. The fourth-order valence-electron chi connectivity index (χ4n) is 4.42. The van der Waals surface area contributed by atoms with Gasteiger partial charge in [-0.25, -0.2) is 0 Å². The van der Waals surface area contributed by atoms with Crippen LogP contribution in [-0.2, 0) is 4.79 Å². The van der Waals surface area contributed by atoms with Crippen molar-refractivity contribution in [1.82, 2.24) is 14.7 Å². The van der Waals surface area contributed by atoms with Gasteiger partial charge < -0.3 is 9.80 Å². The molecule has 0 aliphatic carbocycles. The molecule has 2 aliphatic heterocycles. The van der Waals surface area contributed by atoms with Crippen molar-refractivity contribution in [1.29, 1.82) is 0 Å². The van der Waals surface area contributed by atoms with E-state index in [2.05, 4.69) is 0 Å². The van der Waals surface area contributed by atoms with Crippen LogP contribution in [0.1, 0.15) is 61.5 Å². The van der Waals surface area contributed by atoms with Crippen LogP contribution in [0.25, 0.3) is 0 Å². The summed E-state index contributed by atoms with van der Waals surface area (Å²) in [7, 11) is 0. The molecule has 0 radical (unpaired) electrons. The lowest BCUT2D eigenvalue weighted by molar-refractivity contribution is -0.131. The summed E-state index contributed by atoms with van der Waals surface area (Å²) in [6.45, 7) is 6.44. The summed E-state index contributed by atoms with van der Waals surface area (Å²) >= 11 is 0. The largest absolute Gasteiger partial charge is 0.341 e. The highest BCUT2D eigenvalue weighted by Gasteiger charge is 2.34. The second-order valence-corrected chi connectivity index (χ2v) is 8.74. The highest BCUT2D eigenvalue weighted by atomic mass is 16.2. The summed E-state index contributed by atoms with van der Waals surface area (Å²) in [5.74, 6) is -0.596. The molecule has 7 nitrogen and oxygen atoms in total. The van der Waals surface area contributed by atoms with Gasteiger partial charge in [0.05, 0.1) is 11.1 Å². The number of imide groups is 1. The maximum atomic E-state index is 12.9. The Morgan fingerprint density at radius 2 is 1.45 bits per heavy atom. The van der Waals surface area contributed by atoms with E-state index in [1.807, 2.05) is 36.9 Å². The van der Waals surface area contributed by atoms with Crippen molar-refractivity contribution in [3.05, 3.63) is 70.3 Å². The molecule has 1 fully saturated rings. The monoisotopic (exact) mass is 447 g/mol. The van der Waals surface area contributed by atoms with Crippen LogP contribution in [0.3, 0.4) is 0 Å². The van der Waals surface area contributed by atoms with Crippen LogP contribution >= 0.6 is 0 Å². The molecule has 2 aromatic carbocycles. The Hall–Kier alpha value is -3.48. The number of fused-ring (bicyclic) bond motifs is 1. The second-order valence-electron chi connectivity index (χ2n) is 8.74. The lowest BCUT2D eigenvalue weighted by atomic mass is 10.1. The third kappa shape index (κ3) is 4.67. The SMILES string of the molecule is Cc1ccc(C(=O)N2CCCN(C(=O)CCCN3C(=O)c4ccccc4C3=O)CC2)cc1C. The topological polar surface area (TPSA) is 78.0 Å². The van der Waals surface area contributed by atoms with E-state index in [9.17, 15) is 19.2 Å². The number of carbonyl (C=O) groups excluding carboxylic acids is 4. The van der Waals surface area contributed by atoms with Crippen molar-refractivity contribution in [2.24, 2.45) is 0 Å². The first-order valence-corrected chi connectivity index (χ1v) is 11.5. The molecule has 0 atom stereocenters. The van der Waals surface area contributed by atoms with Gasteiger partial charge in [0.1, 0.15) is 0 Å². The quantitative estimate of drug-likeness (QED) is 0.660. The average molecular weight is 448 g/mol. The predicted octanol–water partition coefficient (Wildman–Crippen LogP) is 3.05. The average Bonchev–Trinajstić information content (AvgIpc) is 2.98. The third-order valence-corrected chi connectivity index (χ3v) is 6.54. The van der Waals surface area contributed by atoms with Crippen LogP contribution < -0.4 is 0 Å². The van der Waals surface area contributed by atoms with Crippen molar-refractivity contribution in [3.63, 3.8) is 0 Å². The van der Waals surface area contributed by atoms with Crippen LogP contribution in [-0.4, -0.2) is 71.1 Å². The second kappa shape index (κ2) is 9.57. The molecule has 2 heterocycles. The lowest BCUT2D eigenvalue weighted by Crippen LogP contribution is -2.38. The van der Waals surface area contributed by atoms with Crippen molar-refractivity contribution in [2.45, 2.75) is 33.1 Å². The summed E-state index contributed by atoms with van der Waals surface area (Å²) in [6, 6.07) is 12.5. The van der Waals surface area contributed by atoms with Gasteiger partial charge in [0.25, 0.3) is 17.7 Å². The van der Waals surface area contributed by atoms with Gasteiger partial charge in [-0.2, -0.15) is 0 Å². The highest BCUT2D eigenvalue weighted by Crippen LogP contribution is 2.23. The molecule has 0 spiro atoms. The number of carbonyl (C=O) groups is 4. The maximum absolute atomic E-state index is 12.9. The van der Waals surface area contributed by atoms with E-state index in [0.29, 0.717) is 49.3 Å². The van der Waals surface area contributed by atoms with Crippen LogP contribution in [0.5, 0.6) is 0 Å². The summed E-state index contributed by atoms with van der Waals surface area (Å²) in [5.41, 5.74) is 3.77. The zero-order chi connectivity index (χ0) is 23.5. The summed E-state index contributed by atoms with van der Waals surface area (Å²) in [4.78, 5) is 55.4. The first-order valence-electron chi connectivity index (χ1n) is 11.5. The molecule has 2 aromatic rings. The number of hydrogen-bond donors (Lipinski definition) is 0. The molecule has 0 saturated carbocycles. The standard InChI is InChI=1S/C26H29N3O4/c1-18-10-11-20(17-19(18)2)24(31)28-13-6-12-27(15-16-28)23(30)9-5-14-29-25(32)21-7-3-4-8-22(21)26(29)33/h3-4,7-8,10-11,17H,5-6,9,12-16H2,1-2H3. The van der Waals surface area contributed by atoms with Crippen molar-refractivity contribution in [3.8, 4) is 0 Å². The minimum atomic E-state index is -0.293. The molecule has 1 saturated heterocycles.